The normalized spacial score (nSPS) is 14.2. The van der Waals surface area contributed by atoms with Crippen LogP contribution in [0.5, 0.6) is 0 Å². The third kappa shape index (κ3) is 1.53. The molecule has 3 heteroatoms. The van der Waals surface area contributed by atoms with Gasteiger partial charge in [0.15, 0.2) is 0 Å². The molecule has 0 aliphatic rings. The van der Waals surface area contributed by atoms with Crippen molar-refractivity contribution in [1.82, 2.24) is 0 Å². The van der Waals surface area contributed by atoms with Crippen LogP contribution < -0.4 is 0 Å². The fourth-order valence-corrected chi connectivity index (χ4v) is 0.948. The van der Waals surface area contributed by atoms with Gasteiger partial charge in [-0.3, -0.25) is 0 Å². The molecule has 0 saturated carbocycles. The van der Waals surface area contributed by atoms with Crippen molar-refractivity contribution in [2.45, 2.75) is 5.60 Å². The highest BCUT2D eigenvalue weighted by atomic mass is 16.4. The van der Waals surface area contributed by atoms with Gasteiger partial charge in [0.25, 0.3) is 0 Å². The molecule has 1 aromatic carbocycles. The third-order valence-electron chi connectivity index (χ3n) is 1.71. The first kappa shape index (κ1) is 9.30. The quantitative estimate of drug-likeness (QED) is 0.648. The Morgan fingerprint density at radius 3 is 2.31 bits per heavy atom. The predicted molar refractivity (Wildman–Crippen MR) is 46.8 cm³/mol. The molecule has 66 valence electrons. The summed E-state index contributed by atoms with van der Waals surface area (Å²) in [5, 5.41) is 18.2. The van der Waals surface area contributed by atoms with Crippen LogP contribution in [0.4, 0.5) is 0 Å². The van der Waals surface area contributed by atoms with E-state index in [0.29, 0.717) is 0 Å². The van der Waals surface area contributed by atoms with E-state index in [4.69, 9.17) is 11.5 Å². The largest absolute Gasteiger partial charge is 0.478 e. The molecule has 0 fully saturated rings. The molecular formula is C10H8O3. The van der Waals surface area contributed by atoms with Crippen LogP contribution in [-0.4, -0.2) is 16.2 Å². The summed E-state index contributed by atoms with van der Waals surface area (Å²) in [4.78, 5) is 10.7. The number of hydrogen-bond acceptors (Lipinski definition) is 2. The highest BCUT2D eigenvalue weighted by Crippen LogP contribution is 2.19. The van der Waals surface area contributed by atoms with Crippen molar-refractivity contribution < 1.29 is 15.0 Å². The van der Waals surface area contributed by atoms with Gasteiger partial charge in [-0.25, -0.2) is 4.79 Å². The van der Waals surface area contributed by atoms with E-state index in [1.165, 1.54) is 12.1 Å². The topological polar surface area (TPSA) is 57.5 Å². The number of carboxylic acid groups (broad SMARTS) is 1. The predicted octanol–water partition coefficient (Wildman–Crippen LogP) is 0.592. The Morgan fingerprint density at radius 2 is 1.92 bits per heavy atom. The maximum absolute atomic E-state index is 10.7. The van der Waals surface area contributed by atoms with E-state index in [1.54, 1.807) is 18.2 Å². The minimum atomic E-state index is -2.22. The molecule has 0 bridgehead atoms. The first-order valence-electron chi connectivity index (χ1n) is 3.60. The molecule has 0 aromatic heterocycles. The van der Waals surface area contributed by atoms with Crippen molar-refractivity contribution in [2.24, 2.45) is 0 Å². The Morgan fingerprint density at radius 1 is 1.38 bits per heavy atom. The van der Waals surface area contributed by atoms with Gasteiger partial charge in [0, 0.05) is 5.56 Å². The first-order chi connectivity index (χ1) is 6.11. The summed E-state index contributed by atoms with van der Waals surface area (Å²) in [5.74, 6) is 0.407. The molecule has 0 aliphatic carbocycles. The molecule has 3 nitrogen and oxygen atoms in total. The van der Waals surface area contributed by atoms with Crippen molar-refractivity contribution in [1.29, 1.82) is 0 Å². The summed E-state index contributed by atoms with van der Waals surface area (Å²) < 4.78 is 0. The maximum atomic E-state index is 10.7. The van der Waals surface area contributed by atoms with Crippen molar-refractivity contribution in [3.63, 3.8) is 0 Å². The Bertz CT molecular complexity index is 350. The average Bonchev–Trinajstić information content (AvgIpc) is 2.17. The Balaban J connectivity index is 3.21. The van der Waals surface area contributed by atoms with Crippen LogP contribution in [0.2, 0.25) is 0 Å². The summed E-state index contributed by atoms with van der Waals surface area (Å²) in [7, 11) is 0. The van der Waals surface area contributed by atoms with Gasteiger partial charge in [-0.15, -0.1) is 6.42 Å². The molecule has 1 aromatic rings. The number of aliphatic hydroxyl groups is 1. The number of hydrogen-bond donors (Lipinski definition) is 2. The summed E-state index contributed by atoms with van der Waals surface area (Å²) >= 11 is 0. The molecular weight excluding hydrogens is 168 g/mol. The number of carboxylic acids is 1. The summed E-state index contributed by atoms with van der Waals surface area (Å²) in [6.45, 7) is 0. The third-order valence-corrected chi connectivity index (χ3v) is 1.71. The maximum Gasteiger partial charge on any atom is 0.353 e. The molecule has 0 radical (unpaired) electrons. The van der Waals surface area contributed by atoms with Crippen molar-refractivity contribution in [3.05, 3.63) is 35.9 Å². The molecule has 0 heterocycles. The number of carbonyl (C=O) groups is 1. The van der Waals surface area contributed by atoms with Crippen molar-refractivity contribution in [2.75, 3.05) is 0 Å². The Kier molecular flexibility index (Phi) is 2.36. The van der Waals surface area contributed by atoms with Gasteiger partial charge in [-0.05, 0) is 0 Å². The lowest BCUT2D eigenvalue weighted by atomic mass is 9.95. The van der Waals surface area contributed by atoms with E-state index >= 15 is 0 Å². The average molecular weight is 176 g/mol. The second-order valence-corrected chi connectivity index (χ2v) is 2.53. The van der Waals surface area contributed by atoms with E-state index < -0.39 is 11.6 Å². The minimum absolute atomic E-state index is 0.185. The zero-order valence-corrected chi connectivity index (χ0v) is 6.77. The van der Waals surface area contributed by atoms with Gasteiger partial charge >= 0.3 is 5.97 Å². The first-order valence-corrected chi connectivity index (χ1v) is 3.60. The summed E-state index contributed by atoms with van der Waals surface area (Å²) in [5.41, 5.74) is -2.04. The number of aliphatic carboxylic acids is 1. The fraction of sp³-hybridized carbons (Fsp3) is 0.100. The zero-order valence-electron chi connectivity index (χ0n) is 6.77. The van der Waals surface area contributed by atoms with Crippen LogP contribution >= 0.6 is 0 Å². The minimum Gasteiger partial charge on any atom is -0.478 e. The zero-order chi connectivity index (χ0) is 9.90. The molecule has 0 saturated heterocycles. The molecule has 0 aliphatic heterocycles. The molecule has 0 amide bonds. The highest BCUT2D eigenvalue weighted by Gasteiger charge is 2.35. The van der Waals surface area contributed by atoms with Crippen LogP contribution in [0.25, 0.3) is 0 Å². The molecule has 13 heavy (non-hydrogen) atoms. The highest BCUT2D eigenvalue weighted by molar-refractivity contribution is 5.83. The Labute approximate surface area is 75.6 Å². The van der Waals surface area contributed by atoms with Crippen LogP contribution in [0.1, 0.15) is 5.56 Å². The molecule has 1 rings (SSSR count). The Hall–Kier alpha value is -1.79. The summed E-state index contributed by atoms with van der Waals surface area (Å²) in [6.07, 6.45) is 4.96. The van der Waals surface area contributed by atoms with Crippen molar-refractivity contribution >= 4 is 5.97 Å². The fourth-order valence-electron chi connectivity index (χ4n) is 0.948. The molecule has 0 unspecified atom stereocenters. The van der Waals surface area contributed by atoms with Gasteiger partial charge in [-0.1, -0.05) is 36.3 Å². The van der Waals surface area contributed by atoms with Crippen molar-refractivity contribution in [3.8, 4) is 12.3 Å². The molecule has 0 spiro atoms. The smallest absolute Gasteiger partial charge is 0.353 e. The van der Waals surface area contributed by atoms with Gasteiger partial charge < -0.3 is 10.2 Å². The second kappa shape index (κ2) is 3.30. The van der Waals surface area contributed by atoms with E-state index in [2.05, 4.69) is 0 Å². The lowest BCUT2D eigenvalue weighted by Crippen LogP contribution is -2.33. The lowest BCUT2D eigenvalue weighted by molar-refractivity contribution is -0.153. The number of rotatable bonds is 2. The van der Waals surface area contributed by atoms with Crippen LogP contribution in [0.15, 0.2) is 30.3 Å². The van der Waals surface area contributed by atoms with Crippen LogP contribution in [-0.2, 0) is 10.4 Å². The SMILES string of the molecule is C#C[C@](O)(C(=O)O)c1ccccc1. The monoisotopic (exact) mass is 176 g/mol. The number of benzene rings is 1. The second-order valence-electron chi connectivity index (χ2n) is 2.53. The molecule has 1 atom stereocenters. The lowest BCUT2D eigenvalue weighted by Gasteiger charge is -2.16. The van der Waals surface area contributed by atoms with E-state index in [-0.39, 0.29) is 5.56 Å². The van der Waals surface area contributed by atoms with Gasteiger partial charge in [0.05, 0.1) is 0 Å². The van der Waals surface area contributed by atoms with E-state index in [9.17, 15) is 9.90 Å². The summed E-state index contributed by atoms with van der Waals surface area (Å²) in [6, 6.07) is 7.87. The van der Waals surface area contributed by atoms with Crippen LogP contribution in [0, 0.1) is 12.3 Å². The van der Waals surface area contributed by atoms with Gasteiger partial charge in [-0.2, -0.15) is 0 Å². The van der Waals surface area contributed by atoms with E-state index in [1.807, 2.05) is 5.92 Å². The standard InChI is InChI=1S/C10H8O3/c1-2-10(13,9(11)12)8-6-4-3-5-7-8/h1,3-7,13H,(H,11,12)/t10-/m1/s1. The van der Waals surface area contributed by atoms with Gasteiger partial charge in [0.1, 0.15) is 0 Å². The van der Waals surface area contributed by atoms with Gasteiger partial charge in [0.2, 0.25) is 5.60 Å². The van der Waals surface area contributed by atoms with Crippen LogP contribution in [0.3, 0.4) is 0 Å². The molecule has 2 N–H and O–H groups in total. The number of terminal acetylenes is 1. The van der Waals surface area contributed by atoms with E-state index in [0.717, 1.165) is 0 Å².